The van der Waals surface area contributed by atoms with E-state index < -0.39 is 0 Å². The van der Waals surface area contributed by atoms with E-state index in [-0.39, 0.29) is 24.0 Å². The Balaban J connectivity index is 1.47. The highest BCUT2D eigenvalue weighted by Gasteiger charge is 2.36. The molecule has 1 saturated heterocycles. The lowest BCUT2D eigenvalue weighted by Gasteiger charge is -2.32. The van der Waals surface area contributed by atoms with Crippen molar-refractivity contribution < 1.29 is 14.3 Å². The normalized spacial score (nSPS) is 22.6. The second kappa shape index (κ2) is 7.15. The topological polar surface area (TPSA) is 61.6 Å². The van der Waals surface area contributed by atoms with Gasteiger partial charge >= 0.3 is 6.03 Å². The molecular weight excluding hydrogens is 371 g/mol. The van der Waals surface area contributed by atoms with E-state index in [1.165, 1.54) is 6.07 Å². The monoisotopic (exact) mass is 394 g/mol. The van der Waals surface area contributed by atoms with Crippen LogP contribution in [0.2, 0.25) is 0 Å². The fourth-order valence-electron chi connectivity index (χ4n) is 4.57. The summed E-state index contributed by atoms with van der Waals surface area (Å²) in [6.45, 7) is 1.29. The summed E-state index contributed by atoms with van der Waals surface area (Å²) in [5.74, 6) is -0.342. The first kappa shape index (κ1) is 18.1. The van der Waals surface area contributed by atoms with Crippen molar-refractivity contribution in [3.63, 3.8) is 0 Å². The Morgan fingerprint density at radius 1 is 0.966 bits per heavy atom. The maximum atomic E-state index is 14.3. The second-order valence-corrected chi connectivity index (χ2v) is 7.81. The van der Waals surface area contributed by atoms with Gasteiger partial charge in [-0.15, -0.1) is 0 Å². The number of anilines is 1. The maximum Gasteiger partial charge on any atom is 0.324 e. The molecule has 0 spiro atoms. The summed E-state index contributed by atoms with van der Waals surface area (Å²) >= 11 is 0. The molecule has 2 heterocycles. The summed E-state index contributed by atoms with van der Waals surface area (Å²) in [5, 5.41) is 15.0. The number of benzene rings is 2. The molecule has 6 nitrogen and oxygen atoms in total. The number of hydrogen-bond acceptors (Lipinski definition) is 3. The van der Waals surface area contributed by atoms with Crippen LogP contribution >= 0.6 is 0 Å². The van der Waals surface area contributed by atoms with Crippen molar-refractivity contribution in [2.45, 2.75) is 37.8 Å². The zero-order valence-corrected chi connectivity index (χ0v) is 16.0. The summed E-state index contributed by atoms with van der Waals surface area (Å²) in [7, 11) is 0. The number of fused-ring (bicyclic) bond motifs is 1. The number of aliphatic hydroxyl groups excluding tert-OH is 1. The Hall–Kier alpha value is -2.93. The number of carbonyl (C=O) groups is 1. The van der Waals surface area contributed by atoms with E-state index in [0.29, 0.717) is 18.8 Å². The van der Waals surface area contributed by atoms with E-state index in [1.54, 1.807) is 34.0 Å². The highest BCUT2D eigenvalue weighted by atomic mass is 19.1. The van der Waals surface area contributed by atoms with Gasteiger partial charge in [0, 0.05) is 24.5 Å². The van der Waals surface area contributed by atoms with Crippen molar-refractivity contribution in [1.29, 1.82) is 0 Å². The first-order valence-electron chi connectivity index (χ1n) is 10.1. The van der Waals surface area contributed by atoms with Crippen molar-refractivity contribution in [3.05, 3.63) is 54.5 Å². The Bertz CT molecular complexity index is 1060. The van der Waals surface area contributed by atoms with Gasteiger partial charge in [0.2, 0.25) is 0 Å². The number of rotatable bonds is 3. The number of carbonyl (C=O) groups excluding carboxylic acids is 1. The molecule has 7 heteroatoms. The molecule has 5 rings (SSSR count). The number of urea groups is 1. The molecule has 150 valence electrons. The Morgan fingerprint density at radius 3 is 2.52 bits per heavy atom. The first-order valence-corrected chi connectivity index (χ1v) is 10.1. The van der Waals surface area contributed by atoms with Gasteiger partial charge in [-0.25, -0.2) is 13.9 Å². The molecule has 0 atom stereocenters. The minimum absolute atomic E-state index is 0.00229. The molecule has 1 aliphatic carbocycles. The summed E-state index contributed by atoms with van der Waals surface area (Å²) in [5.41, 5.74) is 1.95. The molecule has 2 aliphatic rings. The lowest BCUT2D eigenvalue weighted by molar-refractivity contribution is 0.0918. The van der Waals surface area contributed by atoms with Gasteiger partial charge in [0.15, 0.2) is 0 Å². The molecule has 0 unspecified atom stereocenters. The molecular formula is C22H23FN4O2. The SMILES string of the molecule is O=C1N(c2cccc3c2cnn3-c2ccccc2F)CCN1[C@H]1CC[C@H](O)CC1. The number of aliphatic hydroxyl groups is 1. The molecule has 3 aromatic rings. The van der Waals surface area contributed by atoms with Gasteiger partial charge < -0.3 is 10.0 Å². The minimum atomic E-state index is -0.342. The van der Waals surface area contributed by atoms with E-state index >= 15 is 0 Å². The second-order valence-electron chi connectivity index (χ2n) is 7.81. The van der Waals surface area contributed by atoms with Gasteiger partial charge in [-0.05, 0) is 49.9 Å². The highest BCUT2D eigenvalue weighted by Crippen LogP contribution is 2.33. The number of amides is 2. The Morgan fingerprint density at radius 2 is 1.72 bits per heavy atom. The number of aromatic nitrogens is 2. The quantitative estimate of drug-likeness (QED) is 0.737. The fraction of sp³-hybridized carbons (Fsp3) is 0.364. The summed E-state index contributed by atoms with van der Waals surface area (Å²) in [4.78, 5) is 16.9. The number of hydrogen-bond donors (Lipinski definition) is 1. The maximum absolute atomic E-state index is 14.3. The van der Waals surface area contributed by atoms with Crippen molar-refractivity contribution >= 4 is 22.6 Å². The smallest absolute Gasteiger partial charge is 0.324 e. The number of nitrogens with zero attached hydrogens (tertiary/aromatic N) is 4. The van der Waals surface area contributed by atoms with Crippen molar-refractivity contribution in [1.82, 2.24) is 14.7 Å². The molecule has 2 aromatic carbocycles. The Labute approximate surface area is 168 Å². The van der Waals surface area contributed by atoms with Crippen molar-refractivity contribution in [2.75, 3.05) is 18.0 Å². The lowest BCUT2D eigenvalue weighted by atomic mass is 9.92. The third-order valence-electron chi connectivity index (χ3n) is 6.11. The molecule has 29 heavy (non-hydrogen) atoms. The third-order valence-corrected chi connectivity index (χ3v) is 6.11. The summed E-state index contributed by atoms with van der Waals surface area (Å²) in [6, 6.07) is 12.4. The lowest BCUT2D eigenvalue weighted by Crippen LogP contribution is -2.42. The van der Waals surface area contributed by atoms with Crippen LogP contribution in [0.25, 0.3) is 16.6 Å². The molecule has 1 aromatic heterocycles. The van der Waals surface area contributed by atoms with Crippen LogP contribution in [0.3, 0.4) is 0 Å². The van der Waals surface area contributed by atoms with Gasteiger partial charge in [-0.1, -0.05) is 18.2 Å². The molecule has 0 radical (unpaired) electrons. The fourth-order valence-corrected chi connectivity index (χ4v) is 4.57. The summed E-state index contributed by atoms with van der Waals surface area (Å²) in [6.07, 6.45) is 4.65. The highest BCUT2D eigenvalue weighted by molar-refractivity contribution is 6.03. The van der Waals surface area contributed by atoms with Crippen LogP contribution in [0.15, 0.2) is 48.7 Å². The number of para-hydroxylation sites is 1. The van der Waals surface area contributed by atoms with Gasteiger partial charge in [0.1, 0.15) is 11.5 Å². The van der Waals surface area contributed by atoms with Crippen LogP contribution in [0.5, 0.6) is 0 Å². The van der Waals surface area contributed by atoms with E-state index in [1.807, 2.05) is 23.1 Å². The molecule has 1 N–H and O–H groups in total. The van der Waals surface area contributed by atoms with Crippen LogP contribution in [0.4, 0.5) is 14.9 Å². The summed E-state index contributed by atoms with van der Waals surface area (Å²) < 4.78 is 15.9. The predicted octanol–water partition coefficient (Wildman–Crippen LogP) is 3.71. The average molecular weight is 394 g/mol. The van der Waals surface area contributed by atoms with E-state index in [9.17, 15) is 14.3 Å². The van der Waals surface area contributed by atoms with Crippen LogP contribution in [0.1, 0.15) is 25.7 Å². The molecule has 2 fully saturated rings. The number of halogens is 1. The largest absolute Gasteiger partial charge is 0.393 e. The van der Waals surface area contributed by atoms with Gasteiger partial charge in [-0.2, -0.15) is 5.10 Å². The van der Waals surface area contributed by atoms with Gasteiger partial charge in [0.25, 0.3) is 0 Å². The Kier molecular flexibility index (Phi) is 4.47. The van der Waals surface area contributed by atoms with Crippen molar-refractivity contribution in [3.8, 4) is 5.69 Å². The van der Waals surface area contributed by atoms with Crippen LogP contribution in [-0.4, -0.2) is 51.1 Å². The van der Waals surface area contributed by atoms with Crippen molar-refractivity contribution in [2.24, 2.45) is 0 Å². The van der Waals surface area contributed by atoms with Crippen LogP contribution in [-0.2, 0) is 0 Å². The predicted molar refractivity (Wildman–Crippen MR) is 109 cm³/mol. The molecule has 2 amide bonds. The minimum Gasteiger partial charge on any atom is -0.393 e. The van der Waals surface area contributed by atoms with Crippen LogP contribution in [0, 0.1) is 5.82 Å². The standard InChI is InChI=1S/C22H23FN4O2/c23-18-4-1-2-5-21(18)27-20-7-3-6-19(17(20)14-24-27)26-13-12-25(22(26)29)15-8-10-16(28)11-9-15/h1-7,14-16,28H,8-13H2/t15-,16-. The first-order chi connectivity index (χ1) is 14.1. The van der Waals surface area contributed by atoms with E-state index in [0.717, 1.165) is 42.3 Å². The molecule has 1 saturated carbocycles. The third kappa shape index (κ3) is 3.06. The van der Waals surface area contributed by atoms with Gasteiger partial charge in [0.05, 0.1) is 23.5 Å². The molecule has 1 aliphatic heterocycles. The average Bonchev–Trinajstić information content (AvgIpc) is 3.33. The van der Waals surface area contributed by atoms with E-state index in [2.05, 4.69) is 5.10 Å². The zero-order chi connectivity index (χ0) is 20.0. The van der Waals surface area contributed by atoms with Crippen LogP contribution < -0.4 is 4.90 Å². The molecule has 0 bridgehead atoms. The van der Waals surface area contributed by atoms with Gasteiger partial charge in [-0.3, -0.25) is 4.90 Å². The van der Waals surface area contributed by atoms with E-state index in [4.69, 9.17) is 0 Å². The zero-order valence-electron chi connectivity index (χ0n) is 16.0.